The third kappa shape index (κ3) is 2.06. The standard InChI is InChI=1S/C21H22N2O3/c1-11-4-3-5-13(8-11)22(12(2)24)10-23-20(25)18-14-6-7-15(17-9-16(14)17)19(18)21(23)26/h3-8,14-19H,9-10H2,1-2H3/t14-,15-,16-,17-,18+,19+/m1/s1. The van der Waals surface area contributed by atoms with Crippen molar-refractivity contribution in [1.82, 2.24) is 4.90 Å². The maximum Gasteiger partial charge on any atom is 0.235 e. The molecule has 0 unspecified atom stereocenters. The summed E-state index contributed by atoms with van der Waals surface area (Å²) < 4.78 is 0. The number of rotatable bonds is 3. The highest BCUT2D eigenvalue weighted by atomic mass is 16.2. The minimum absolute atomic E-state index is 0.0121. The number of amides is 3. The van der Waals surface area contributed by atoms with Gasteiger partial charge >= 0.3 is 0 Å². The number of aryl methyl sites for hydroxylation is 1. The Balaban J connectivity index is 1.45. The Hall–Kier alpha value is -2.43. The molecule has 5 heteroatoms. The Morgan fingerprint density at radius 3 is 2.27 bits per heavy atom. The van der Waals surface area contributed by atoms with E-state index in [1.165, 1.54) is 16.7 Å². The van der Waals surface area contributed by atoms with E-state index in [2.05, 4.69) is 12.2 Å². The molecule has 1 aromatic rings. The maximum atomic E-state index is 13.1. The number of hydrogen-bond acceptors (Lipinski definition) is 3. The molecule has 1 aliphatic heterocycles. The van der Waals surface area contributed by atoms with Crippen molar-refractivity contribution in [3.8, 4) is 0 Å². The summed E-state index contributed by atoms with van der Waals surface area (Å²) in [6.07, 6.45) is 5.48. The van der Waals surface area contributed by atoms with Crippen molar-refractivity contribution in [2.75, 3.05) is 11.6 Å². The molecular formula is C21H22N2O3. The fraction of sp³-hybridized carbons (Fsp3) is 0.476. The summed E-state index contributed by atoms with van der Waals surface area (Å²) in [6.45, 7) is 3.44. The summed E-state index contributed by atoms with van der Waals surface area (Å²) in [5.41, 5.74) is 1.75. The molecule has 134 valence electrons. The van der Waals surface area contributed by atoms with Gasteiger partial charge in [-0.2, -0.15) is 0 Å². The van der Waals surface area contributed by atoms with Gasteiger partial charge in [0.15, 0.2) is 0 Å². The van der Waals surface area contributed by atoms with Crippen LogP contribution in [0.25, 0.3) is 0 Å². The van der Waals surface area contributed by atoms with E-state index in [-0.39, 0.29) is 48.1 Å². The van der Waals surface area contributed by atoms with Gasteiger partial charge in [-0.3, -0.25) is 24.2 Å². The van der Waals surface area contributed by atoms with Gasteiger partial charge in [-0.15, -0.1) is 0 Å². The Morgan fingerprint density at radius 1 is 1.12 bits per heavy atom. The summed E-state index contributed by atoms with van der Waals surface area (Å²) in [7, 11) is 0. The van der Waals surface area contributed by atoms with Crippen LogP contribution >= 0.6 is 0 Å². The van der Waals surface area contributed by atoms with Crippen LogP contribution < -0.4 is 4.90 Å². The van der Waals surface area contributed by atoms with Crippen LogP contribution in [0.3, 0.4) is 0 Å². The number of allylic oxidation sites excluding steroid dienone is 2. The zero-order valence-corrected chi connectivity index (χ0v) is 15.0. The van der Waals surface area contributed by atoms with E-state index in [0.717, 1.165) is 17.7 Å². The number of nitrogens with zero attached hydrogens (tertiary/aromatic N) is 2. The van der Waals surface area contributed by atoms with Crippen molar-refractivity contribution < 1.29 is 14.4 Å². The Morgan fingerprint density at radius 2 is 1.73 bits per heavy atom. The van der Waals surface area contributed by atoms with Crippen molar-refractivity contribution in [3.05, 3.63) is 42.0 Å². The van der Waals surface area contributed by atoms with E-state index in [1.54, 1.807) is 0 Å². The third-order valence-corrected chi connectivity index (χ3v) is 6.73. The van der Waals surface area contributed by atoms with Crippen molar-refractivity contribution in [3.63, 3.8) is 0 Å². The first-order valence-corrected chi connectivity index (χ1v) is 9.35. The number of anilines is 1. The van der Waals surface area contributed by atoms with Crippen LogP contribution in [0, 0.1) is 42.4 Å². The number of carbonyl (C=O) groups excluding carboxylic acids is 3. The Labute approximate surface area is 152 Å². The minimum Gasteiger partial charge on any atom is -0.294 e. The first kappa shape index (κ1) is 15.8. The van der Waals surface area contributed by atoms with Gasteiger partial charge in [-0.25, -0.2) is 0 Å². The number of hydrogen-bond donors (Lipinski definition) is 0. The lowest BCUT2D eigenvalue weighted by atomic mass is 9.63. The van der Waals surface area contributed by atoms with E-state index in [9.17, 15) is 14.4 Å². The van der Waals surface area contributed by atoms with Crippen LogP contribution in [-0.4, -0.2) is 29.3 Å². The smallest absolute Gasteiger partial charge is 0.235 e. The van der Waals surface area contributed by atoms with Crippen LogP contribution in [0.5, 0.6) is 0 Å². The van der Waals surface area contributed by atoms with Gasteiger partial charge in [0.2, 0.25) is 17.7 Å². The van der Waals surface area contributed by atoms with Gasteiger partial charge < -0.3 is 0 Å². The second kappa shape index (κ2) is 5.29. The number of likely N-dealkylation sites (tertiary alicyclic amines) is 1. The Kier molecular flexibility index (Phi) is 3.21. The zero-order chi connectivity index (χ0) is 18.2. The summed E-state index contributed by atoms with van der Waals surface area (Å²) >= 11 is 0. The average Bonchev–Trinajstić information content (AvgIpc) is 3.39. The predicted octanol–water partition coefficient (Wildman–Crippen LogP) is 2.36. The third-order valence-electron chi connectivity index (χ3n) is 6.73. The lowest BCUT2D eigenvalue weighted by Gasteiger charge is -2.37. The molecule has 3 fully saturated rings. The molecule has 5 nitrogen and oxygen atoms in total. The highest BCUT2D eigenvalue weighted by Gasteiger charge is 2.67. The molecule has 0 N–H and O–H groups in total. The van der Waals surface area contributed by atoms with Crippen LogP contribution in [0.15, 0.2) is 36.4 Å². The van der Waals surface area contributed by atoms with Gasteiger partial charge in [-0.05, 0) is 54.7 Å². The van der Waals surface area contributed by atoms with Crippen LogP contribution in [0.1, 0.15) is 18.9 Å². The van der Waals surface area contributed by atoms with E-state index >= 15 is 0 Å². The first-order valence-electron chi connectivity index (χ1n) is 9.35. The van der Waals surface area contributed by atoms with E-state index < -0.39 is 0 Å². The van der Waals surface area contributed by atoms with Gasteiger partial charge in [0.25, 0.3) is 0 Å². The fourth-order valence-electron chi connectivity index (χ4n) is 5.46. The molecule has 0 radical (unpaired) electrons. The highest BCUT2D eigenvalue weighted by molar-refractivity contribution is 6.07. The zero-order valence-electron chi connectivity index (χ0n) is 15.0. The van der Waals surface area contributed by atoms with Crippen molar-refractivity contribution in [2.24, 2.45) is 35.5 Å². The maximum absolute atomic E-state index is 13.1. The highest BCUT2D eigenvalue weighted by Crippen LogP contribution is 2.65. The van der Waals surface area contributed by atoms with Crippen LogP contribution in [-0.2, 0) is 14.4 Å². The molecule has 0 spiro atoms. The molecule has 6 rings (SSSR count). The quantitative estimate of drug-likeness (QED) is 0.621. The molecule has 2 bridgehead atoms. The molecule has 6 atom stereocenters. The van der Waals surface area contributed by atoms with Crippen molar-refractivity contribution >= 4 is 23.4 Å². The lowest BCUT2D eigenvalue weighted by Crippen LogP contribution is -2.44. The molecule has 2 saturated carbocycles. The SMILES string of the molecule is CC(=O)N(CN1C(=O)[C@H]2[C@@H]3C=C[C@H]([C@H]4C[C@H]34)[C@@H]2C1=O)c1cccc(C)c1. The van der Waals surface area contributed by atoms with E-state index in [0.29, 0.717) is 11.8 Å². The van der Waals surface area contributed by atoms with Gasteiger partial charge in [-0.1, -0.05) is 24.3 Å². The lowest BCUT2D eigenvalue weighted by molar-refractivity contribution is -0.140. The number of benzene rings is 1. The van der Waals surface area contributed by atoms with E-state index in [1.807, 2.05) is 31.2 Å². The van der Waals surface area contributed by atoms with Crippen LogP contribution in [0.4, 0.5) is 5.69 Å². The monoisotopic (exact) mass is 350 g/mol. The molecule has 1 saturated heterocycles. The minimum atomic E-state index is -0.215. The number of imide groups is 1. The summed E-state index contributed by atoms with van der Waals surface area (Å²) in [6, 6.07) is 7.58. The molecule has 1 aromatic carbocycles. The average molecular weight is 350 g/mol. The van der Waals surface area contributed by atoms with Gasteiger partial charge in [0, 0.05) is 12.6 Å². The molecule has 5 aliphatic rings. The first-order chi connectivity index (χ1) is 12.5. The molecular weight excluding hydrogens is 328 g/mol. The second-order valence-electron chi connectivity index (χ2n) is 8.19. The van der Waals surface area contributed by atoms with E-state index in [4.69, 9.17) is 0 Å². The largest absolute Gasteiger partial charge is 0.294 e. The summed E-state index contributed by atoms with van der Waals surface area (Å²) in [5, 5.41) is 0. The fourth-order valence-corrected chi connectivity index (χ4v) is 5.46. The topological polar surface area (TPSA) is 57.7 Å². The summed E-state index contributed by atoms with van der Waals surface area (Å²) in [5.74, 6) is 0.803. The normalized spacial score (nSPS) is 36.2. The predicted molar refractivity (Wildman–Crippen MR) is 95.8 cm³/mol. The Bertz CT molecular complexity index is 825. The van der Waals surface area contributed by atoms with Crippen molar-refractivity contribution in [2.45, 2.75) is 20.3 Å². The van der Waals surface area contributed by atoms with Crippen molar-refractivity contribution in [1.29, 1.82) is 0 Å². The number of carbonyl (C=O) groups is 3. The molecule has 4 aliphatic carbocycles. The van der Waals surface area contributed by atoms with Crippen LogP contribution in [0.2, 0.25) is 0 Å². The molecule has 3 amide bonds. The molecule has 26 heavy (non-hydrogen) atoms. The molecule has 1 heterocycles. The second-order valence-corrected chi connectivity index (χ2v) is 8.19. The summed E-state index contributed by atoms with van der Waals surface area (Å²) in [4.78, 5) is 41.3. The van der Waals surface area contributed by atoms with Gasteiger partial charge in [0.05, 0.1) is 11.8 Å². The van der Waals surface area contributed by atoms with Gasteiger partial charge in [0.1, 0.15) is 6.67 Å². The molecule has 0 aromatic heterocycles.